The first-order valence-corrected chi connectivity index (χ1v) is 3.37. The van der Waals surface area contributed by atoms with E-state index in [2.05, 4.69) is 20.9 Å². The van der Waals surface area contributed by atoms with Crippen molar-refractivity contribution in [1.29, 1.82) is 0 Å². The van der Waals surface area contributed by atoms with Crippen molar-refractivity contribution < 1.29 is 0 Å². The summed E-state index contributed by atoms with van der Waals surface area (Å²) in [5, 5.41) is 0. The van der Waals surface area contributed by atoms with Gasteiger partial charge in [-0.3, -0.25) is 4.98 Å². The van der Waals surface area contributed by atoms with Gasteiger partial charge in [-0.05, 0) is 24.1 Å². The molecule has 2 radical (unpaired) electrons. The van der Waals surface area contributed by atoms with E-state index in [9.17, 15) is 0 Å². The Morgan fingerprint density at radius 3 is 2.78 bits per heavy atom. The molecule has 1 heterocycles. The molecule has 0 saturated heterocycles. The highest BCUT2D eigenvalue weighted by atomic mass is 79.9. The van der Waals surface area contributed by atoms with Crippen LogP contribution in [0.25, 0.3) is 0 Å². The summed E-state index contributed by atoms with van der Waals surface area (Å²) in [7, 11) is 5.48. The van der Waals surface area contributed by atoms with E-state index >= 15 is 0 Å². The first-order valence-electron chi connectivity index (χ1n) is 2.58. The van der Waals surface area contributed by atoms with Crippen LogP contribution in [0.3, 0.4) is 0 Å². The fourth-order valence-corrected chi connectivity index (χ4v) is 0.849. The van der Waals surface area contributed by atoms with E-state index in [4.69, 9.17) is 7.85 Å². The standard InChI is InChI=1S/C6H5BBrN/c1-4-5(8)2-3-9-6(4)7/h2-3H,1H3. The van der Waals surface area contributed by atoms with E-state index in [1.54, 1.807) is 6.20 Å². The maximum absolute atomic E-state index is 5.48. The zero-order valence-corrected chi connectivity index (χ0v) is 6.64. The fourth-order valence-electron chi connectivity index (χ4n) is 0.527. The molecule has 0 aliphatic carbocycles. The average molecular weight is 182 g/mol. The van der Waals surface area contributed by atoms with Crippen molar-refractivity contribution in [2.75, 3.05) is 0 Å². The Morgan fingerprint density at radius 1 is 1.67 bits per heavy atom. The molecule has 1 aromatic rings. The van der Waals surface area contributed by atoms with Crippen molar-refractivity contribution in [3.8, 4) is 0 Å². The van der Waals surface area contributed by atoms with Gasteiger partial charge in [-0.1, -0.05) is 15.9 Å². The second-order valence-electron chi connectivity index (χ2n) is 1.80. The summed E-state index contributed by atoms with van der Waals surface area (Å²) in [6.07, 6.45) is 1.67. The molecule has 0 bridgehead atoms. The quantitative estimate of drug-likeness (QED) is 0.544. The second kappa shape index (κ2) is 2.52. The molecule has 9 heavy (non-hydrogen) atoms. The van der Waals surface area contributed by atoms with Gasteiger partial charge in [0.25, 0.3) is 0 Å². The fraction of sp³-hybridized carbons (Fsp3) is 0.167. The molecule has 44 valence electrons. The number of rotatable bonds is 0. The Bertz CT molecular complexity index is 204. The van der Waals surface area contributed by atoms with Crippen LogP contribution in [0.2, 0.25) is 0 Å². The zero-order valence-electron chi connectivity index (χ0n) is 5.06. The predicted molar refractivity (Wildman–Crippen MR) is 42.1 cm³/mol. The highest BCUT2D eigenvalue weighted by Gasteiger charge is 1.94. The lowest BCUT2D eigenvalue weighted by Gasteiger charge is -1.98. The predicted octanol–water partition coefficient (Wildman–Crippen LogP) is 0.946. The minimum atomic E-state index is 0.587. The number of pyridine rings is 1. The molecule has 0 spiro atoms. The number of hydrogen-bond acceptors (Lipinski definition) is 1. The largest absolute Gasteiger partial charge is 0.273 e. The lowest BCUT2D eigenvalue weighted by atomic mass is 9.99. The van der Waals surface area contributed by atoms with Crippen molar-refractivity contribution in [2.24, 2.45) is 0 Å². The van der Waals surface area contributed by atoms with Crippen molar-refractivity contribution in [3.05, 3.63) is 22.3 Å². The van der Waals surface area contributed by atoms with Gasteiger partial charge in [0.1, 0.15) is 7.85 Å². The molecule has 0 unspecified atom stereocenters. The van der Waals surface area contributed by atoms with Crippen LogP contribution in [0.1, 0.15) is 5.56 Å². The van der Waals surface area contributed by atoms with Crippen LogP contribution in [0, 0.1) is 6.92 Å². The molecular weight excluding hydrogens is 177 g/mol. The van der Waals surface area contributed by atoms with Crippen LogP contribution >= 0.6 is 15.9 Å². The summed E-state index contributed by atoms with van der Waals surface area (Å²) in [4.78, 5) is 3.89. The van der Waals surface area contributed by atoms with Crippen LogP contribution in [0.4, 0.5) is 0 Å². The van der Waals surface area contributed by atoms with Crippen molar-refractivity contribution in [3.63, 3.8) is 0 Å². The average Bonchev–Trinajstić information content (AvgIpc) is 1.83. The van der Waals surface area contributed by atoms with Crippen LogP contribution in [-0.2, 0) is 0 Å². The Kier molecular flexibility index (Phi) is 1.91. The third kappa shape index (κ3) is 1.33. The maximum atomic E-state index is 5.48. The van der Waals surface area contributed by atoms with Gasteiger partial charge >= 0.3 is 0 Å². The third-order valence-electron chi connectivity index (χ3n) is 1.18. The van der Waals surface area contributed by atoms with Gasteiger partial charge in [0.05, 0.1) is 0 Å². The summed E-state index contributed by atoms with van der Waals surface area (Å²) in [6, 6.07) is 1.87. The number of aromatic nitrogens is 1. The summed E-state index contributed by atoms with van der Waals surface area (Å²) in [6.45, 7) is 1.92. The number of hydrogen-bond donors (Lipinski definition) is 0. The topological polar surface area (TPSA) is 12.9 Å². The van der Waals surface area contributed by atoms with Gasteiger partial charge in [-0.2, -0.15) is 0 Å². The number of nitrogens with zero attached hydrogens (tertiary/aromatic N) is 1. The van der Waals surface area contributed by atoms with Gasteiger partial charge in [0.2, 0.25) is 0 Å². The first-order chi connectivity index (χ1) is 4.22. The molecule has 0 aliphatic rings. The molecule has 1 rings (SSSR count). The summed E-state index contributed by atoms with van der Waals surface area (Å²) < 4.78 is 1.01. The van der Waals surface area contributed by atoms with Gasteiger partial charge in [-0.15, -0.1) is 0 Å². The van der Waals surface area contributed by atoms with Gasteiger partial charge in [0, 0.05) is 10.7 Å². The Morgan fingerprint density at radius 2 is 2.33 bits per heavy atom. The van der Waals surface area contributed by atoms with Crippen molar-refractivity contribution in [1.82, 2.24) is 4.98 Å². The Balaban J connectivity index is 3.25. The lowest BCUT2D eigenvalue weighted by molar-refractivity contribution is 1.31. The zero-order chi connectivity index (χ0) is 6.85. The third-order valence-corrected chi connectivity index (χ3v) is 2.04. The smallest absolute Gasteiger partial charge is 0.142 e. The van der Waals surface area contributed by atoms with Gasteiger partial charge in [-0.25, -0.2) is 0 Å². The van der Waals surface area contributed by atoms with E-state index in [1.807, 2.05) is 13.0 Å². The minimum absolute atomic E-state index is 0.587. The highest BCUT2D eigenvalue weighted by Crippen LogP contribution is 2.09. The van der Waals surface area contributed by atoms with E-state index < -0.39 is 0 Å². The van der Waals surface area contributed by atoms with E-state index in [0.29, 0.717) is 5.59 Å². The molecule has 0 fully saturated rings. The van der Waals surface area contributed by atoms with Gasteiger partial charge in [0.15, 0.2) is 0 Å². The molecule has 1 nitrogen and oxygen atoms in total. The molecule has 0 amide bonds. The summed E-state index contributed by atoms with van der Waals surface area (Å²) >= 11 is 3.33. The van der Waals surface area contributed by atoms with Crippen molar-refractivity contribution in [2.45, 2.75) is 6.92 Å². The molecule has 0 atom stereocenters. The molecule has 1 aromatic heterocycles. The normalized spacial score (nSPS) is 9.56. The van der Waals surface area contributed by atoms with Crippen molar-refractivity contribution >= 4 is 29.4 Å². The molecule has 0 aromatic carbocycles. The maximum Gasteiger partial charge on any atom is 0.142 e. The highest BCUT2D eigenvalue weighted by molar-refractivity contribution is 9.10. The minimum Gasteiger partial charge on any atom is -0.273 e. The summed E-state index contributed by atoms with van der Waals surface area (Å²) in [5.74, 6) is 0. The molecular formula is C6H5BBrN. The molecule has 0 aliphatic heterocycles. The number of halogens is 1. The van der Waals surface area contributed by atoms with Crippen LogP contribution in [0.15, 0.2) is 16.7 Å². The summed E-state index contributed by atoms with van der Waals surface area (Å²) in [5.41, 5.74) is 1.59. The molecule has 0 N–H and O–H groups in total. The van der Waals surface area contributed by atoms with Gasteiger partial charge < -0.3 is 0 Å². The van der Waals surface area contributed by atoms with E-state index in [-0.39, 0.29) is 0 Å². The molecule has 3 heteroatoms. The monoisotopic (exact) mass is 181 g/mol. The Labute approximate surface area is 64.0 Å². The van der Waals surface area contributed by atoms with Crippen LogP contribution < -0.4 is 5.59 Å². The molecule has 0 saturated carbocycles. The first kappa shape index (κ1) is 6.81. The van der Waals surface area contributed by atoms with E-state index in [1.165, 1.54) is 0 Å². The second-order valence-corrected chi connectivity index (χ2v) is 2.66. The Hall–Kier alpha value is -0.305. The SMILES string of the molecule is [B]c1nccc(Br)c1C. The van der Waals surface area contributed by atoms with Crippen LogP contribution in [0.5, 0.6) is 0 Å². The lowest BCUT2D eigenvalue weighted by Crippen LogP contribution is -2.11. The van der Waals surface area contributed by atoms with Crippen LogP contribution in [-0.4, -0.2) is 12.8 Å². The van der Waals surface area contributed by atoms with E-state index in [0.717, 1.165) is 10.0 Å².